The second-order valence-electron chi connectivity index (χ2n) is 9.06. The summed E-state index contributed by atoms with van der Waals surface area (Å²) in [5.41, 5.74) is 0. The largest absolute Gasteiger partial charge is 0.305 e. The van der Waals surface area contributed by atoms with Crippen LogP contribution in [0.1, 0.15) is 34.0 Å². The molecule has 0 bridgehead atoms. The van der Waals surface area contributed by atoms with Gasteiger partial charge in [-0.15, -0.1) is 32.9 Å². The minimum atomic E-state index is -0.222. The third kappa shape index (κ3) is 7.81. The molecule has 5 N–H and O–H groups in total. The number of unbranched alkanes of at least 4 members (excludes halogenated alkanes) is 1. The van der Waals surface area contributed by atoms with Crippen LogP contribution < -0.4 is 16.0 Å². The van der Waals surface area contributed by atoms with Gasteiger partial charge in [0.15, 0.2) is 5.17 Å². The van der Waals surface area contributed by atoms with Gasteiger partial charge in [0.1, 0.15) is 5.01 Å². The number of nitrogens with zero attached hydrogens (tertiary/aromatic N) is 2. The van der Waals surface area contributed by atoms with E-state index in [1.165, 1.54) is 16.0 Å². The normalized spacial score (nSPS) is 11.1. The molecular weight excluding hydrogens is 581 g/mol. The van der Waals surface area contributed by atoms with Gasteiger partial charge in [0.2, 0.25) is 22.0 Å². The van der Waals surface area contributed by atoms with Gasteiger partial charge in [-0.05, 0) is 47.9 Å². The van der Waals surface area contributed by atoms with E-state index in [-0.39, 0.29) is 23.4 Å². The first kappa shape index (κ1) is 28.1. The Morgan fingerprint density at radius 3 is 2.12 bits per heavy atom. The zero-order valence-corrected chi connectivity index (χ0v) is 24.7. The molecule has 0 aliphatic heterocycles. The molecule has 2 amide bonds. The Labute approximate surface area is 247 Å². The summed E-state index contributed by atoms with van der Waals surface area (Å²) < 4.78 is 2.31. The molecule has 2 aromatic carbocycles. The van der Waals surface area contributed by atoms with E-state index >= 15 is 0 Å². The van der Waals surface area contributed by atoms with E-state index in [4.69, 9.17) is 10.8 Å². The van der Waals surface area contributed by atoms with Gasteiger partial charge in [-0.1, -0.05) is 47.7 Å². The molecule has 0 saturated carbocycles. The lowest BCUT2D eigenvalue weighted by molar-refractivity contribution is -0.119. The van der Waals surface area contributed by atoms with Gasteiger partial charge < -0.3 is 10.6 Å². The van der Waals surface area contributed by atoms with E-state index in [1.54, 1.807) is 22.7 Å². The Hall–Kier alpha value is -3.45. The number of nitrogens with one attached hydrogen (secondary N) is 3. The first-order chi connectivity index (χ1) is 19.4. The topological polar surface area (TPSA) is 133 Å². The number of rotatable bonds is 10. The highest BCUT2D eigenvalue weighted by Crippen LogP contribution is 2.27. The van der Waals surface area contributed by atoms with E-state index in [1.807, 2.05) is 54.6 Å². The summed E-state index contributed by atoms with van der Waals surface area (Å²) in [5.74, 6) is -0.327. The number of amides is 2. The molecule has 3 heterocycles. The summed E-state index contributed by atoms with van der Waals surface area (Å²) in [5, 5.41) is 32.2. The molecule has 0 aliphatic carbocycles. The van der Waals surface area contributed by atoms with Gasteiger partial charge in [-0.25, -0.2) is 0 Å². The van der Waals surface area contributed by atoms with Gasteiger partial charge >= 0.3 is 0 Å². The molecule has 0 unspecified atom stereocenters. The standard InChI is InChI=1S/C28H26N6O2S4/c29-23(39-27(30)31-24(35)15-19-13-17-7-1-3-9-21(17)37-19)11-5-6-12-26-33-34-28(40-26)32-25(36)16-20-14-18-8-2-4-10-22(18)38-20/h1-4,7-10,13-14,29H,5-6,11-12,15-16H2,(H2,30,31,35)(H,32,34,36)/p+1. The zero-order valence-electron chi connectivity index (χ0n) is 21.4. The summed E-state index contributed by atoms with van der Waals surface area (Å²) >= 11 is 5.67. The van der Waals surface area contributed by atoms with E-state index in [2.05, 4.69) is 26.9 Å². The number of amidine groups is 1. The molecule has 5 aromatic rings. The van der Waals surface area contributed by atoms with E-state index < -0.39 is 0 Å². The molecule has 0 aliphatic rings. The van der Waals surface area contributed by atoms with Crippen LogP contribution in [-0.2, 0) is 28.9 Å². The lowest BCUT2D eigenvalue weighted by Gasteiger charge is -2.04. The smallest absolute Gasteiger partial charge is 0.231 e. The average molecular weight is 608 g/mol. The van der Waals surface area contributed by atoms with Crippen molar-refractivity contribution in [2.45, 2.75) is 38.5 Å². The predicted molar refractivity (Wildman–Crippen MR) is 168 cm³/mol. The minimum absolute atomic E-state index is 0.0313. The molecular formula is C28H27N6O2S4+. The predicted octanol–water partition coefficient (Wildman–Crippen LogP) is 5.05. The molecule has 5 rings (SSSR count). The van der Waals surface area contributed by atoms with Crippen molar-refractivity contribution >= 4 is 93.1 Å². The average Bonchev–Trinajstić information content (AvgIpc) is 3.63. The van der Waals surface area contributed by atoms with Crippen LogP contribution in [0.4, 0.5) is 5.13 Å². The van der Waals surface area contributed by atoms with Crippen molar-refractivity contribution < 1.29 is 15.0 Å². The molecule has 40 heavy (non-hydrogen) atoms. The number of thiophene rings is 2. The zero-order chi connectivity index (χ0) is 27.9. The number of aromatic nitrogens is 2. The van der Waals surface area contributed by atoms with Crippen molar-refractivity contribution in [2.75, 3.05) is 5.32 Å². The van der Waals surface area contributed by atoms with E-state index in [0.29, 0.717) is 23.0 Å². The van der Waals surface area contributed by atoms with Gasteiger partial charge in [-0.3, -0.25) is 20.4 Å². The maximum atomic E-state index is 12.5. The molecule has 0 radical (unpaired) electrons. The lowest BCUT2D eigenvalue weighted by Crippen LogP contribution is -2.40. The highest BCUT2D eigenvalue weighted by atomic mass is 32.2. The Bertz CT molecular complexity index is 1620. The number of carbonyl (C=O) groups is 2. The lowest BCUT2D eigenvalue weighted by atomic mass is 10.2. The van der Waals surface area contributed by atoms with Crippen LogP contribution in [0, 0.1) is 5.41 Å². The first-order valence-corrected chi connectivity index (χ1v) is 15.9. The fourth-order valence-electron chi connectivity index (χ4n) is 4.09. The fourth-order valence-corrected chi connectivity index (χ4v) is 7.68. The number of anilines is 1. The summed E-state index contributed by atoms with van der Waals surface area (Å²) in [7, 11) is 0. The number of benzene rings is 2. The number of hydrogen-bond donors (Lipinski definition) is 4. The van der Waals surface area contributed by atoms with Crippen LogP contribution in [0.15, 0.2) is 60.7 Å². The third-order valence-electron chi connectivity index (χ3n) is 5.89. The Morgan fingerprint density at radius 1 is 0.850 bits per heavy atom. The second-order valence-corrected chi connectivity index (χ2v) is 13.6. The van der Waals surface area contributed by atoms with Crippen LogP contribution in [0.3, 0.4) is 0 Å². The molecule has 204 valence electrons. The molecule has 8 nitrogen and oxygen atoms in total. The van der Waals surface area contributed by atoms with Crippen molar-refractivity contribution in [2.24, 2.45) is 0 Å². The van der Waals surface area contributed by atoms with Crippen LogP contribution in [-0.4, -0.2) is 32.2 Å². The Kier molecular flexibility index (Phi) is 9.32. The van der Waals surface area contributed by atoms with Crippen molar-refractivity contribution in [3.8, 4) is 0 Å². The number of fused-ring (bicyclic) bond motifs is 2. The van der Waals surface area contributed by atoms with Gasteiger partial charge in [-0.2, -0.15) is 0 Å². The number of aryl methyl sites for hydroxylation is 1. The number of nitrogens with two attached hydrogens (primary N) is 1. The number of carbonyl (C=O) groups excluding carboxylic acids is 2. The highest BCUT2D eigenvalue weighted by Gasteiger charge is 2.14. The van der Waals surface area contributed by atoms with Crippen LogP contribution in [0.2, 0.25) is 0 Å². The van der Waals surface area contributed by atoms with Crippen molar-refractivity contribution in [1.82, 2.24) is 15.5 Å². The van der Waals surface area contributed by atoms with Crippen molar-refractivity contribution in [1.29, 1.82) is 5.41 Å². The molecule has 0 saturated heterocycles. The van der Waals surface area contributed by atoms with Gasteiger partial charge in [0, 0.05) is 43.8 Å². The van der Waals surface area contributed by atoms with Crippen molar-refractivity contribution in [3.63, 3.8) is 0 Å². The monoisotopic (exact) mass is 607 g/mol. The Balaban J connectivity index is 0.974. The maximum Gasteiger partial charge on any atom is 0.231 e. The van der Waals surface area contributed by atoms with Crippen LogP contribution in [0.25, 0.3) is 20.2 Å². The van der Waals surface area contributed by atoms with Gasteiger partial charge in [0.05, 0.1) is 12.8 Å². The van der Waals surface area contributed by atoms with Crippen molar-refractivity contribution in [3.05, 3.63) is 75.4 Å². The summed E-state index contributed by atoms with van der Waals surface area (Å²) in [6, 6.07) is 20.2. The molecule has 0 atom stereocenters. The summed E-state index contributed by atoms with van der Waals surface area (Å²) in [6.07, 6.45) is 3.55. The second kappa shape index (κ2) is 13.3. The highest BCUT2D eigenvalue weighted by molar-refractivity contribution is 8.26. The SMILES string of the molecule is N=C(NC(=O)Cc1cc2ccccc2s1)SC(=[NH2+])CCCCc1nnc(NC(=O)Cc2cc3ccccc3s2)s1. The van der Waals surface area contributed by atoms with Gasteiger partial charge in [0.25, 0.3) is 0 Å². The van der Waals surface area contributed by atoms with Crippen LogP contribution >= 0.6 is 45.8 Å². The van der Waals surface area contributed by atoms with E-state index in [9.17, 15) is 9.59 Å². The maximum absolute atomic E-state index is 12.5. The molecule has 3 aromatic heterocycles. The summed E-state index contributed by atoms with van der Waals surface area (Å²) in [4.78, 5) is 26.8. The van der Waals surface area contributed by atoms with E-state index in [0.717, 1.165) is 61.3 Å². The fraction of sp³-hybridized carbons (Fsp3) is 0.214. The third-order valence-corrected chi connectivity index (χ3v) is 9.79. The Morgan fingerprint density at radius 2 is 1.48 bits per heavy atom. The first-order valence-electron chi connectivity index (χ1n) is 12.7. The van der Waals surface area contributed by atoms with Crippen LogP contribution in [0.5, 0.6) is 0 Å². The minimum Gasteiger partial charge on any atom is -0.305 e. The molecule has 12 heteroatoms. The molecule has 0 spiro atoms. The molecule has 0 fully saturated rings. The summed E-state index contributed by atoms with van der Waals surface area (Å²) in [6.45, 7) is 0. The quantitative estimate of drug-likeness (QED) is 0.100. The number of thioether (sulfide) groups is 1. The number of hydrogen-bond acceptors (Lipinski definition) is 9.